The van der Waals surface area contributed by atoms with E-state index in [1.807, 2.05) is 0 Å². The standard InChI is InChI=1S/C11H23N3O2S/c12-17(15,16)9-8-14-7-2-1-5-11(14)10-4-3-6-13-10/h10-11,13H,1-9H2,(H2,12,15,16). The third-order valence-corrected chi connectivity index (χ3v) is 4.64. The minimum absolute atomic E-state index is 0.0796. The molecule has 2 rings (SSSR count). The summed E-state index contributed by atoms with van der Waals surface area (Å²) in [6.07, 6.45) is 6.07. The van der Waals surface area contributed by atoms with Crippen LogP contribution in [-0.4, -0.2) is 50.8 Å². The molecule has 2 fully saturated rings. The molecule has 6 heteroatoms. The highest BCUT2D eigenvalue weighted by Crippen LogP contribution is 2.23. The zero-order valence-corrected chi connectivity index (χ0v) is 11.1. The van der Waals surface area contributed by atoms with E-state index >= 15 is 0 Å². The maximum absolute atomic E-state index is 11.0. The van der Waals surface area contributed by atoms with Crippen LogP contribution in [0.4, 0.5) is 0 Å². The van der Waals surface area contributed by atoms with E-state index < -0.39 is 10.0 Å². The number of likely N-dealkylation sites (tertiary alicyclic amines) is 1. The van der Waals surface area contributed by atoms with Gasteiger partial charge in [0.2, 0.25) is 10.0 Å². The summed E-state index contributed by atoms with van der Waals surface area (Å²) < 4.78 is 22.1. The summed E-state index contributed by atoms with van der Waals surface area (Å²) in [4.78, 5) is 2.32. The predicted octanol–water partition coefficient (Wildman–Crippen LogP) is -0.119. The Hall–Kier alpha value is -0.170. The zero-order valence-electron chi connectivity index (χ0n) is 10.3. The third kappa shape index (κ3) is 3.91. The fraction of sp³-hybridized carbons (Fsp3) is 1.00. The van der Waals surface area contributed by atoms with Crippen molar-refractivity contribution >= 4 is 10.0 Å². The SMILES string of the molecule is NS(=O)(=O)CCN1CCCCC1C1CCCN1. The van der Waals surface area contributed by atoms with Crippen LogP contribution in [0.3, 0.4) is 0 Å². The molecule has 0 aromatic rings. The van der Waals surface area contributed by atoms with Gasteiger partial charge in [0.05, 0.1) is 5.75 Å². The Balaban J connectivity index is 1.92. The first-order valence-corrected chi connectivity index (χ1v) is 8.26. The third-order valence-electron chi connectivity index (χ3n) is 3.89. The molecule has 100 valence electrons. The average Bonchev–Trinajstić information content (AvgIpc) is 2.79. The lowest BCUT2D eigenvalue weighted by Crippen LogP contribution is -2.51. The molecule has 0 bridgehead atoms. The van der Waals surface area contributed by atoms with Crippen LogP contribution in [0.5, 0.6) is 0 Å². The Morgan fingerprint density at radius 2 is 2.06 bits per heavy atom. The van der Waals surface area contributed by atoms with Crippen LogP contribution < -0.4 is 10.5 Å². The smallest absolute Gasteiger partial charge is 0.210 e. The van der Waals surface area contributed by atoms with Gasteiger partial charge >= 0.3 is 0 Å². The Morgan fingerprint density at radius 3 is 2.71 bits per heavy atom. The van der Waals surface area contributed by atoms with Gasteiger partial charge in [-0.15, -0.1) is 0 Å². The molecule has 3 N–H and O–H groups in total. The lowest BCUT2D eigenvalue weighted by Gasteiger charge is -2.39. The molecule has 5 nitrogen and oxygen atoms in total. The van der Waals surface area contributed by atoms with Crippen LogP contribution in [0, 0.1) is 0 Å². The average molecular weight is 261 g/mol. The second-order valence-electron chi connectivity index (χ2n) is 5.17. The van der Waals surface area contributed by atoms with E-state index in [1.165, 1.54) is 32.1 Å². The van der Waals surface area contributed by atoms with Gasteiger partial charge in [-0.05, 0) is 38.8 Å². The maximum atomic E-state index is 11.0. The second kappa shape index (κ2) is 5.65. The number of hydrogen-bond acceptors (Lipinski definition) is 4. The Kier molecular flexibility index (Phi) is 4.41. The van der Waals surface area contributed by atoms with Crippen molar-refractivity contribution in [2.45, 2.75) is 44.2 Å². The van der Waals surface area contributed by atoms with E-state index in [4.69, 9.17) is 5.14 Å². The quantitative estimate of drug-likeness (QED) is 0.740. The molecule has 2 unspecified atom stereocenters. The number of hydrogen-bond donors (Lipinski definition) is 2. The van der Waals surface area contributed by atoms with Gasteiger partial charge in [-0.25, -0.2) is 13.6 Å². The van der Waals surface area contributed by atoms with Crippen LogP contribution in [0.25, 0.3) is 0 Å². The molecule has 0 aromatic carbocycles. The van der Waals surface area contributed by atoms with E-state index in [9.17, 15) is 8.42 Å². The molecule has 2 atom stereocenters. The summed E-state index contributed by atoms with van der Waals surface area (Å²) >= 11 is 0. The largest absolute Gasteiger partial charge is 0.312 e. The molecule has 0 saturated carbocycles. The van der Waals surface area contributed by atoms with Gasteiger partial charge in [-0.1, -0.05) is 6.42 Å². The molecule has 0 aliphatic carbocycles. The number of rotatable bonds is 4. The van der Waals surface area contributed by atoms with Gasteiger partial charge in [0.1, 0.15) is 0 Å². The van der Waals surface area contributed by atoms with Crippen molar-refractivity contribution in [3.05, 3.63) is 0 Å². The summed E-state index contributed by atoms with van der Waals surface area (Å²) in [5.41, 5.74) is 0. The van der Waals surface area contributed by atoms with Crippen molar-refractivity contribution in [1.82, 2.24) is 10.2 Å². The van der Waals surface area contributed by atoms with Gasteiger partial charge in [0.15, 0.2) is 0 Å². The number of nitrogens with two attached hydrogens (primary N) is 1. The highest BCUT2D eigenvalue weighted by Gasteiger charge is 2.31. The number of sulfonamides is 1. The van der Waals surface area contributed by atoms with E-state index in [0.717, 1.165) is 13.1 Å². The van der Waals surface area contributed by atoms with Crippen molar-refractivity contribution in [3.63, 3.8) is 0 Å². The van der Waals surface area contributed by atoms with Gasteiger partial charge in [-0.3, -0.25) is 4.90 Å². The van der Waals surface area contributed by atoms with Crippen LogP contribution >= 0.6 is 0 Å². The lowest BCUT2D eigenvalue weighted by molar-refractivity contribution is 0.127. The number of piperidine rings is 1. The van der Waals surface area contributed by atoms with Crippen LogP contribution in [0.15, 0.2) is 0 Å². The van der Waals surface area contributed by atoms with Gasteiger partial charge in [-0.2, -0.15) is 0 Å². The monoisotopic (exact) mass is 261 g/mol. The molecule has 0 amide bonds. The van der Waals surface area contributed by atoms with E-state index in [-0.39, 0.29) is 5.75 Å². The zero-order chi connectivity index (χ0) is 12.3. The number of primary sulfonamides is 1. The van der Waals surface area contributed by atoms with Gasteiger partial charge < -0.3 is 5.32 Å². The highest BCUT2D eigenvalue weighted by molar-refractivity contribution is 7.89. The van der Waals surface area contributed by atoms with Crippen molar-refractivity contribution in [2.24, 2.45) is 5.14 Å². The molecule has 17 heavy (non-hydrogen) atoms. The fourth-order valence-electron chi connectivity index (χ4n) is 3.03. The summed E-state index contributed by atoms with van der Waals surface area (Å²) in [6, 6.07) is 1.06. The fourth-order valence-corrected chi connectivity index (χ4v) is 3.52. The van der Waals surface area contributed by atoms with Crippen LogP contribution in [-0.2, 0) is 10.0 Å². The van der Waals surface area contributed by atoms with Gasteiger partial charge in [0, 0.05) is 18.6 Å². The molecule has 0 spiro atoms. The first-order valence-electron chi connectivity index (χ1n) is 6.54. The van der Waals surface area contributed by atoms with Crippen molar-refractivity contribution < 1.29 is 8.42 Å². The Morgan fingerprint density at radius 1 is 1.24 bits per heavy atom. The summed E-state index contributed by atoms with van der Waals surface area (Å²) in [6.45, 7) is 2.70. The molecule has 0 aromatic heterocycles. The normalized spacial score (nSPS) is 31.8. The van der Waals surface area contributed by atoms with Crippen molar-refractivity contribution in [3.8, 4) is 0 Å². The summed E-state index contributed by atoms with van der Waals surface area (Å²) in [7, 11) is -3.33. The van der Waals surface area contributed by atoms with Crippen LogP contribution in [0.2, 0.25) is 0 Å². The predicted molar refractivity (Wildman–Crippen MR) is 68.2 cm³/mol. The molecular formula is C11H23N3O2S. The van der Waals surface area contributed by atoms with E-state index in [1.54, 1.807) is 0 Å². The minimum Gasteiger partial charge on any atom is -0.312 e. The van der Waals surface area contributed by atoms with Crippen LogP contribution in [0.1, 0.15) is 32.1 Å². The number of nitrogens with zero attached hydrogens (tertiary/aromatic N) is 1. The molecule has 2 aliphatic rings. The molecular weight excluding hydrogens is 238 g/mol. The molecule has 0 radical (unpaired) electrons. The topological polar surface area (TPSA) is 75.4 Å². The Bertz CT molecular complexity index is 339. The molecule has 2 heterocycles. The Labute approximate surface area is 104 Å². The first kappa shape index (κ1) is 13.3. The summed E-state index contributed by atoms with van der Waals surface area (Å²) in [5.74, 6) is 0.0796. The lowest BCUT2D eigenvalue weighted by atomic mass is 9.95. The summed E-state index contributed by atoms with van der Waals surface area (Å²) in [5, 5.41) is 8.61. The molecule has 2 saturated heterocycles. The maximum Gasteiger partial charge on any atom is 0.210 e. The highest BCUT2D eigenvalue weighted by atomic mass is 32.2. The van der Waals surface area contributed by atoms with Crippen molar-refractivity contribution in [2.75, 3.05) is 25.4 Å². The first-order chi connectivity index (χ1) is 8.06. The van der Waals surface area contributed by atoms with E-state index in [0.29, 0.717) is 18.6 Å². The van der Waals surface area contributed by atoms with E-state index in [2.05, 4.69) is 10.2 Å². The van der Waals surface area contributed by atoms with Crippen molar-refractivity contribution in [1.29, 1.82) is 0 Å². The minimum atomic E-state index is -3.33. The second-order valence-corrected chi connectivity index (χ2v) is 6.90. The number of nitrogens with one attached hydrogen (secondary N) is 1. The van der Waals surface area contributed by atoms with Gasteiger partial charge in [0.25, 0.3) is 0 Å². The molecule has 2 aliphatic heterocycles.